The minimum atomic E-state index is -0.558. The van der Waals surface area contributed by atoms with Gasteiger partial charge >= 0.3 is 5.91 Å². The molecular weight excluding hydrogens is 322 g/mol. The third-order valence-corrected chi connectivity index (χ3v) is 3.68. The Bertz CT molecular complexity index is 929. The van der Waals surface area contributed by atoms with Gasteiger partial charge in [0.15, 0.2) is 12.3 Å². The molecule has 1 heterocycles. The van der Waals surface area contributed by atoms with Crippen LogP contribution in [-0.2, 0) is 4.79 Å². The minimum Gasteiger partial charge on any atom is -0.497 e. The van der Waals surface area contributed by atoms with Crippen LogP contribution in [0.25, 0.3) is 10.9 Å². The van der Waals surface area contributed by atoms with E-state index in [1.165, 1.54) is 0 Å². The molecule has 0 aliphatic rings. The average Bonchev–Trinajstić information content (AvgIpc) is 2.95. The van der Waals surface area contributed by atoms with Crippen LogP contribution in [0.5, 0.6) is 17.4 Å². The predicted octanol–water partition coefficient (Wildman–Crippen LogP) is 3.88. The third-order valence-electron chi connectivity index (χ3n) is 3.68. The minimum absolute atomic E-state index is 0.128. The number of para-hydroxylation sites is 1. The highest BCUT2D eigenvalue weighted by Crippen LogP contribution is 2.36. The Hall–Kier alpha value is -3.35. The highest BCUT2D eigenvalue weighted by atomic mass is 16.5. The van der Waals surface area contributed by atoms with Crippen molar-refractivity contribution < 1.29 is 19.4 Å². The molecule has 0 atom stereocenters. The van der Waals surface area contributed by atoms with Crippen LogP contribution in [0.1, 0.15) is 5.56 Å². The van der Waals surface area contributed by atoms with E-state index in [9.17, 15) is 9.90 Å². The van der Waals surface area contributed by atoms with E-state index in [4.69, 9.17) is 9.47 Å². The summed E-state index contributed by atoms with van der Waals surface area (Å²) in [6, 6.07) is 12.4. The molecule has 1 amide bonds. The summed E-state index contributed by atoms with van der Waals surface area (Å²) in [5.74, 6) is 0.535. The lowest BCUT2D eigenvalue weighted by Crippen LogP contribution is -2.07. The summed E-state index contributed by atoms with van der Waals surface area (Å²) < 4.78 is 10.4. The molecule has 7 nitrogen and oxygen atoms in total. The van der Waals surface area contributed by atoms with E-state index in [-0.39, 0.29) is 18.2 Å². The second-order valence-corrected chi connectivity index (χ2v) is 5.38. The number of hydrogen-bond acceptors (Lipinski definition) is 5. The first-order chi connectivity index (χ1) is 12.1. The number of H-pyrrole nitrogens is 1. The summed E-state index contributed by atoms with van der Waals surface area (Å²) in [5.41, 5.74) is 1.95. The maximum Gasteiger partial charge on any atom is 0.302 e. The Morgan fingerprint density at radius 3 is 2.60 bits per heavy atom. The molecule has 0 aliphatic carbocycles. The number of benzene rings is 2. The SMILES string of the molecule is COc1ccc(OCC(=O)N=Nc2c(O)[nH]c3c(C)cccc23)cc1. The molecule has 7 heteroatoms. The zero-order chi connectivity index (χ0) is 17.8. The number of carbonyl (C=O) groups is 1. The summed E-state index contributed by atoms with van der Waals surface area (Å²) in [6.45, 7) is 1.66. The number of carbonyl (C=O) groups excluding carboxylic acids is 1. The van der Waals surface area contributed by atoms with Crippen molar-refractivity contribution in [2.24, 2.45) is 10.2 Å². The molecule has 128 valence electrons. The molecule has 25 heavy (non-hydrogen) atoms. The maximum absolute atomic E-state index is 11.8. The van der Waals surface area contributed by atoms with Crippen molar-refractivity contribution in [1.82, 2.24) is 4.98 Å². The number of methoxy groups -OCH3 is 1. The lowest BCUT2D eigenvalue weighted by atomic mass is 10.1. The number of nitrogens with one attached hydrogen (secondary N) is 1. The molecule has 0 aliphatic heterocycles. The van der Waals surface area contributed by atoms with Gasteiger partial charge in [-0.15, -0.1) is 10.2 Å². The fourth-order valence-corrected chi connectivity index (χ4v) is 2.39. The topological polar surface area (TPSA) is 96.3 Å². The largest absolute Gasteiger partial charge is 0.497 e. The van der Waals surface area contributed by atoms with Gasteiger partial charge in [0, 0.05) is 5.39 Å². The summed E-state index contributed by atoms with van der Waals surface area (Å²) in [7, 11) is 1.57. The van der Waals surface area contributed by atoms with E-state index < -0.39 is 5.91 Å². The van der Waals surface area contributed by atoms with Crippen LogP contribution < -0.4 is 9.47 Å². The number of ether oxygens (including phenoxy) is 2. The number of fused-ring (bicyclic) bond motifs is 1. The van der Waals surface area contributed by atoms with Crippen LogP contribution in [0.3, 0.4) is 0 Å². The van der Waals surface area contributed by atoms with E-state index in [1.807, 2.05) is 19.1 Å². The maximum atomic E-state index is 11.8. The molecule has 0 unspecified atom stereocenters. The Balaban J connectivity index is 1.68. The van der Waals surface area contributed by atoms with Crippen LogP contribution >= 0.6 is 0 Å². The first-order valence-corrected chi connectivity index (χ1v) is 7.60. The molecule has 0 fully saturated rings. The molecule has 3 aromatic rings. The van der Waals surface area contributed by atoms with Gasteiger partial charge in [0.1, 0.15) is 11.5 Å². The van der Waals surface area contributed by atoms with Crippen LogP contribution in [-0.4, -0.2) is 29.7 Å². The first-order valence-electron chi connectivity index (χ1n) is 7.60. The van der Waals surface area contributed by atoms with Crippen molar-refractivity contribution in [1.29, 1.82) is 0 Å². The van der Waals surface area contributed by atoms with E-state index in [0.29, 0.717) is 16.9 Å². The van der Waals surface area contributed by atoms with Gasteiger partial charge in [0.05, 0.1) is 12.6 Å². The highest BCUT2D eigenvalue weighted by molar-refractivity contribution is 5.96. The van der Waals surface area contributed by atoms with Crippen molar-refractivity contribution in [3.63, 3.8) is 0 Å². The van der Waals surface area contributed by atoms with Gasteiger partial charge in [-0.1, -0.05) is 18.2 Å². The molecule has 3 rings (SSSR count). The van der Waals surface area contributed by atoms with Crippen LogP contribution in [0.15, 0.2) is 52.7 Å². The van der Waals surface area contributed by atoms with Crippen molar-refractivity contribution >= 4 is 22.5 Å². The summed E-state index contributed by atoms with van der Waals surface area (Å²) in [4.78, 5) is 14.7. The number of nitrogens with zero attached hydrogens (tertiary/aromatic N) is 2. The van der Waals surface area contributed by atoms with Gasteiger partial charge in [0.25, 0.3) is 0 Å². The second kappa shape index (κ2) is 7.04. The second-order valence-electron chi connectivity index (χ2n) is 5.38. The summed E-state index contributed by atoms with van der Waals surface area (Å²) in [6.07, 6.45) is 0. The molecule has 0 radical (unpaired) electrons. The molecule has 2 N–H and O–H groups in total. The molecule has 0 spiro atoms. The number of aromatic amines is 1. The number of aromatic nitrogens is 1. The van der Waals surface area contributed by atoms with E-state index >= 15 is 0 Å². The van der Waals surface area contributed by atoms with Gasteiger partial charge in [-0.2, -0.15) is 0 Å². The summed E-state index contributed by atoms with van der Waals surface area (Å²) in [5, 5.41) is 18.1. The predicted molar refractivity (Wildman–Crippen MR) is 92.7 cm³/mol. The van der Waals surface area contributed by atoms with Gasteiger partial charge in [-0.05, 0) is 36.8 Å². The Kier molecular flexibility index (Phi) is 4.65. The quantitative estimate of drug-likeness (QED) is 0.689. The lowest BCUT2D eigenvalue weighted by Gasteiger charge is -2.04. The van der Waals surface area contributed by atoms with Gasteiger partial charge < -0.3 is 19.6 Å². The van der Waals surface area contributed by atoms with Gasteiger partial charge in [-0.25, -0.2) is 0 Å². The number of aryl methyl sites for hydroxylation is 1. The number of amides is 1. The lowest BCUT2D eigenvalue weighted by molar-refractivity contribution is -0.120. The zero-order valence-electron chi connectivity index (χ0n) is 13.8. The normalized spacial score (nSPS) is 11.1. The van der Waals surface area contributed by atoms with Crippen molar-refractivity contribution in [2.75, 3.05) is 13.7 Å². The van der Waals surface area contributed by atoms with Crippen LogP contribution in [0.2, 0.25) is 0 Å². The number of aromatic hydroxyl groups is 1. The van der Waals surface area contributed by atoms with Gasteiger partial charge in [-0.3, -0.25) is 4.79 Å². The Labute approximate surface area is 143 Å². The van der Waals surface area contributed by atoms with Crippen molar-refractivity contribution in [2.45, 2.75) is 6.92 Å². The van der Waals surface area contributed by atoms with E-state index in [1.54, 1.807) is 37.4 Å². The zero-order valence-corrected chi connectivity index (χ0v) is 13.8. The standard InChI is InChI=1S/C18H17N3O4/c1-11-4-3-5-14-16(11)19-18(23)17(14)21-20-15(22)10-25-13-8-6-12(24-2)7-9-13/h3-9,19,23H,10H2,1-2H3. The molecule has 0 saturated carbocycles. The highest BCUT2D eigenvalue weighted by Gasteiger charge is 2.12. The van der Waals surface area contributed by atoms with Crippen molar-refractivity contribution in [3.05, 3.63) is 48.0 Å². The number of azo groups is 1. The molecular formula is C18H17N3O4. The fourth-order valence-electron chi connectivity index (χ4n) is 2.39. The monoisotopic (exact) mass is 339 g/mol. The smallest absolute Gasteiger partial charge is 0.302 e. The Morgan fingerprint density at radius 1 is 1.16 bits per heavy atom. The fraction of sp³-hybridized carbons (Fsp3) is 0.167. The molecule has 1 aromatic heterocycles. The van der Waals surface area contributed by atoms with Gasteiger partial charge in [0.2, 0.25) is 5.88 Å². The number of hydrogen-bond donors (Lipinski definition) is 2. The molecule has 0 saturated heterocycles. The molecule has 2 aromatic carbocycles. The van der Waals surface area contributed by atoms with Crippen LogP contribution in [0.4, 0.5) is 5.69 Å². The molecule has 0 bridgehead atoms. The third kappa shape index (κ3) is 3.60. The number of rotatable bonds is 5. The van der Waals surface area contributed by atoms with Crippen LogP contribution in [0, 0.1) is 6.92 Å². The van der Waals surface area contributed by atoms with Crippen molar-refractivity contribution in [3.8, 4) is 17.4 Å². The Morgan fingerprint density at radius 2 is 1.88 bits per heavy atom. The first kappa shape index (κ1) is 16.5. The van der Waals surface area contributed by atoms with E-state index in [0.717, 1.165) is 11.1 Å². The average molecular weight is 339 g/mol. The summed E-state index contributed by atoms with van der Waals surface area (Å²) >= 11 is 0. The van der Waals surface area contributed by atoms with E-state index in [2.05, 4.69) is 15.2 Å².